The van der Waals surface area contributed by atoms with Crippen LogP contribution in [0.3, 0.4) is 0 Å². The van der Waals surface area contributed by atoms with Crippen LogP contribution in [-0.2, 0) is 9.53 Å². The molecule has 2 fully saturated rings. The Morgan fingerprint density at radius 3 is 2.81 bits per heavy atom. The molecule has 2 rings (SSSR count). The number of carbonyl (C=O) groups excluding carboxylic acids is 1. The number of hydrogen-bond acceptors (Lipinski definition) is 4. The normalized spacial score (nSPS) is 34.8. The van der Waals surface area contributed by atoms with Gasteiger partial charge in [0.2, 0.25) is 0 Å². The number of thioether (sulfide) groups is 1. The number of methoxy groups -OCH3 is 1. The van der Waals surface area contributed by atoms with Gasteiger partial charge < -0.3 is 4.74 Å². The first-order valence-electron chi connectivity index (χ1n) is 6.23. The summed E-state index contributed by atoms with van der Waals surface area (Å²) < 4.78 is 4.85. The Morgan fingerprint density at radius 1 is 1.44 bits per heavy atom. The van der Waals surface area contributed by atoms with Crippen LogP contribution in [0.25, 0.3) is 0 Å². The van der Waals surface area contributed by atoms with Crippen molar-refractivity contribution in [2.45, 2.75) is 49.9 Å². The van der Waals surface area contributed by atoms with Crippen molar-refractivity contribution >= 4 is 17.7 Å². The van der Waals surface area contributed by atoms with Gasteiger partial charge in [-0.25, -0.2) is 0 Å². The fourth-order valence-electron chi connectivity index (χ4n) is 2.89. The first-order chi connectivity index (χ1) is 7.77. The quantitative estimate of drug-likeness (QED) is 0.705. The fraction of sp³-hybridized carbons (Fsp3) is 0.917. The van der Waals surface area contributed by atoms with Gasteiger partial charge in [-0.2, -0.15) is 11.8 Å². The highest BCUT2D eigenvalue weighted by molar-refractivity contribution is 7.99. The number of esters is 1. The fourth-order valence-corrected chi connectivity index (χ4v) is 4.16. The minimum Gasteiger partial charge on any atom is -0.468 e. The molecule has 16 heavy (non-hydrogen) atoms. The van der Waals surface area contributed by atoms with E-state index in [-0.39, 0.29) is 12.0 Å². The van der Waals surface area contributed by atoms with Crippen molar-refractivity contribution in [3.63, 3.8) is 0 Å². The predicted octanol–water partition coefficient (Wildman–Crippen LogP) is 1.91. The van der Waals surface area contributed by atoms with E-state index in [4.69, 9.17) is 4.74 Å². The number of nitrogens with zero attached hydrogens (tertiary/aromatic N) is 1. The lowest BCUT2D eigenvalue weighted by Gasteiger charge is -2.44. The summed E-state index contributed by atoms with van der Waals surface area (Å²) in [5.41, 5.74) is 0. The van der Waals surface area contributed by atoms with E-state index in [1.54, 1.807) is 0 Å². The third kappa shape index (κ3) is 2.23. The predicted molar refractivity (Wildman–Crippen MR) is 66.7 cm³/mol. The van der Waals surface area contributed by atoms with Crippen molar-refractivity contribution in [3.8, 4) is 0 Å². The molecule has 0 radical (unpaired) electrons. The van der Waals surface area contributed by atoms with Crippen LogP contribution in [0.15, 0.2) is 0 Å². The molecule has 0 aromatic rings. The Kier molecular flexibility index (Phi) is 4.14. The van der Waals surface area contributed by atoms with Crippen LogP contribution >= 0.6 is 11.8 Å². The van der Waals surface area contributed by atoms with Crippen LogP contribution in [0.2, 0.25) is 0 Å². The van der Waals surface area contributed by atoms with Crippen molar-refractivity contribution < 1.29 is 9.53 Å². The first kappa shape index (κ1) is 12.2. The molecule has 3 atom stereocenters. The largest absolute Gasteiger partial charge is 0.468 e. The molecule has 0 aromatic heterocycles. The third-order valence-electron chi connectivity index (χ3n) is 3.76. The van der Waals surface area contributed by atoms with Gasteiger partial charge in [-0.05, 0) is 25.0 Å². The van der Waals surface area contributed by atoms with E-state index in [1.165, 1.54) is 32.1 Å². The standard InChI is InChI=1S/C12H21NO2S/c1-3-16-11-6-4-5-9(11)13-8-7-10(13)12(14)15-2/h9-11H,3-8H2,1-2H3. The van der Waals surface area contributed by atoms with Crippen molar-refractivity contribution in [2.75, 3.05) is 19.4 Å². The second-order valence-corrected chi connectivity index (χ2v) is 6.07. The van der Waals surface area contributed by atoms with E-state index in [1.807, 2.05) is 0 Å². The minimum atomic E-state index is -0.0431. The zero-order valence-corrected chi connectivity index (χ0v) is 11.0. The van der Waals surface area contributed by atoms with E-state index >= 15 is 0 Å². The summed E-state index contributed by atoms with van der Waals surface area (Å²) >= 11 is 2.05. The SMILES string of the molecule is CCSC1CCCC1N1CCC1C(=O)OC. The summed E-state index contributed by atoms with van der Waals surface area (Å²) in [5, 5.41) is 0.734. The first-order valence-corrected chi connectivity index (χ1v) is 7.28. The van der Waals surface area contributed by atoms with Gasteiger partial charge in [0.05, 0.1) is 7.11 Å². The number of likely N-dealkylation sites (tertiary alicyclic amines) is 1. The number of rotatable bonds is 4. The van der Waals surface area contributed by atoms with Gasteiger partial charge in [-0.3, -0.25) is 9.69 Å². The summed E-state index contributed by atoms with van der Waals surface area (Å²) in [6, 6.07) is 0.663. The molecule has 1 aliphatic heterocycles. The lowest BCUT2D eigenvalue weighted by atomic mass is 9.99. The molecule has 0 aromatic carbocycles. The van der Waals surface area contributed by atoms with Crippen LogP contribution in [0.5, 0.6) is 0 Å². The van der Waals surface area contributed by atoms with E-state index in [0.29, 0.717) is 6.04 Å². The smallest absolute Gasteiger partial charge is 0.323 e. The number of ether oxygens (including phenoxy) is 1. The molecular formula is C12H21NO2S. The molecule has 1 aliphatic carbocycles. The van der Waals surface area contributed by atoms with Gasteiger partial charge in [0.1, 0.15) is 6.04 Å². The summed E-state index contributed by atoms with van der Waals surface area (Å²) in [6.45, 7) is 3.29. The molecule has 0 spiro atoms. The van der Waals surface area contributed by atoms with Crippen molar-refractivity contribution in [1.29, 1.82) is 0 Å². The van der Waals surface area contributed by atoms with Crippen LogP contribution in [0.4, 0.5) is 0 Å². The van der Waals surface area contributed by atoms with Gasteiger partial charge >= 0.3 is 5.97 Å². The summed E-state index contributed by atoms with van der Waals surface area (Å²) in [7, 11) is 1.49. The van der Waals surface area contributed by atoms with Crippen molar-refractivity contribution in [1.82, 2.24) is 4.90 Å². The number of hydrogen-bond donors (Lipinski definition) is 0. The van der Waals surface area contributed by atoms with Crippen molar-refractivity contribution in [2.24, 2.45) is 0 Å². The van der Waals surface area contributed by atoms with E-state index < -0.39 is 0 Å². The zero-order valence-electron chi connectivity index (χ0n) is 10.1. The molecular weight excluding hydrogens is 222 g/mol. The molecule has 0 bridgehead atoms. The minimum absolute atomic E-state index is 0.0431. The zero-order chi connectivity index (χ0) is 11.5. The average molecular weight is 243 g/mol. The van der Waals surface area contributed by atoms with Crippen molar-refractivity contribution in [3.05, 3.63) is 0 Å². The van der Waals surface area contributed by atoms with Gasteiger partial charge in [0, 0.05) is 17.8 Å². The molecule has 92 valence electrons. The lowest BCUT2D eigenvalue weighted by Crippen LogP contribution is -2.58. The molecule has 2 aliphatic rings. The highest BCUT2D eigenvalue weighted by Gasteiger charge is 2.43. The summed E-state index contributed by atoms with van der Waals surface area (Å²) in [5.74, 6) is 1.14. The molecule has 1 heterocycles. The Morgan fingerprint density at radius 2 is 2.25 bits per heavy atom. The molecule has 0 N–H and O–H groups in total. The van der Waals surface area contributed by atoms with E-state index in [2.05, 4.69) is 23.6 Å². The highest BCUT2D eigenvalue weighted by atomic mass is 32.2. The van der Waals surface area contributed by atoms with Crippen LogP contribution in [-0.4, -0.2) is 47.6 Å². The second-order valence-electron chi connectivity index (χ2n) is 4.56. The Labute approximate surface area is 102 Å². The summed E-state index contributed by atoms with van der Waals surface area (Å²) in [4.78, 5) is 13.9. The molecule has 3 nitrogen and oxygen atoms in total. The molecule has 3 unspecified atom stereocenters. The number of carbonyl (C=O) groups is 1. The molecule has 1 saturated heterocycles. The van der Waals surface area contributed by atoms with Gasteiger partial charge in [0.15, 0.2) is 0 Å². The van der Waals surface area contributed by atoms with E-state index in [0.717, 1.165) is 18.2 Å². The second kappa shape index (κ2) is 5.41. The Balaban J connectivity index is 1.94. The Hall–Kier alpha value is -0.220. The van der Waals surface area contributed by atoms with Gasteiger partial charge in [-0.1, -0.05) is 13.3 Å². The maximum atomic E-state index is 11.6. The maximum absolute atomic E-state index is 11.6. The molecule has 1 saturated carbocycles. The lowest BCUT2D eigenvalue weighted by molar-refractivity contribution is -0.153. The Bertz CT molecular complexity index is 259. The van der Waals surface area contributed by atoms with Gasteiger partial charge in [-0.15, -0.1) is 0 Å². The van der Waals surface area contributed by atoms with Crippen LogP contribution in [0.1, 0.15) is 32.6 Å². The van der Waals surface area contributed by atoms with Crippen LogP contribution in [0, 0.1) is 0 Å². The maximum Gasteiger partial charge on any atom is 0.323 e. The monoisotopic (exact) mass is 243 g/mol. The molecule has 4 heteroatoms. The third-order valence-corrected chi connectivity index (χ3v) is 5.07. The van der Waals surface area contributed by atoms with Gasteiger partial charge in [0.25, 0.3) is 0 Å². The average Bonchev–Trinajstić information content (AvgIpc) is 2.65. The molecule has 0 amide bonds. The van der Waals surface area contributed by atoms with E-state index in [9.17, 15) is 4.79 Å². The highest BCUT2D eigenvalue weighted by Crippen LogP contribution is 2.37. The van der Waals surface area contributed by atoms with Crippen LogP contribution < -0.4 is 0 Å². The topological polar surface area (TPSA) is 29.5 Å². The summed E-state index contributed by atoms with van der Waals surface area (Å²) in [6.07, 6.45) is 4.86.